The first kappa shape index (κ1) is 22.1. The van der Waals surface area contributed by atoms with Crippen molar-refractivity contribution in [2.45, 2.75) is 88.5 Å². The molecular weight excluding hydrogens is 386 g/mol. The zero-order valence-electron chi connectivity index (χ0n) is 19.2. The van der Waals surface area contributed by atoms with E-state index in [-0.39, 0.29) is 12.5 Å². The first-order valence-corrected chi connectivity index (χ1v) is 12.2. The van der Waals surface area contributed by atoms with Crippen molar-refractivity contribution < 1.29 is 4.79 Å². The van der Waals surface area contributed by atoms with Gasteiger partial charge in [-0.2, -0.15) is 0 Å². The molecule has 2 aliphatic heterocycles. The Hall–Kier alpha value is -2.08. The van der Waals surface area contributed by atoms with Crippen LogP contribution in [0, 0.1) is 0 Å². The summed E-state index contributed by atoms with van der Waals surface area (Å²) < 4.78 is 0. The van der Waals surface area contributed by atoms with E-state index < -0.39 is 0 Å². The van der Waals surface area contributed by atoms with Gasteiger partial charge in [-0.15, -0.1) is 0 Å². The lowest BCUT2D eigenvalue weighted by Gasteiger charge is -2.40. The average Bonchev–Trinajstić information content (AvgIpc) is 3.01. The quantitative estimate of drug-likeness (QED) is 0.543. The number of amides is 1. The number of hydrogen-bond acceptors (Lipinski definition) is 3. The highest BCUT2D eigenvalue weighted by Gasteiger charge is 2.40. The van der Waals surface area contributed by atoms with E-state index in [1.54, 1.807) is 19.0 Å². The summed E-state index contributed by atoms with van der Waals surface area (Å²) in [5, 5.41) is 7.38. The van der Waals surface area contributed by atoms with Crippen molar-refractivity contribution in [1.29, 1.82) is 0 Å². The Labute approximate surface area is 187 Å². The molecule has 1 saturated carbocycles. The van der Waals surface area contributed by atoms with Gasteiger partial charge in [-0.25, -0.2) is 4.99 Å². The van der Waals surface area contributed by atoms with Crippen LogP contribution in [-0.4, -0.2) is 66.5 Å². The maximum atomic E-state index is 12.1. The molecule has 4 rings (SSSR count). The maximum Gasteiger partial charge on any atom is 0.243 e. The topological polar surface area (TPSA) is 60.0 Å². The van der Waals surface area contributed by atoms with Crippen LogP contribution in [0.25, 0.3) is 0 Å². The minimum atomic E-state index is 0.0440. The van der Waals surface area contributed by atoms with E-state index in [2.05, 4.69) is 50.9 Å². The molecule has 2 heterocycles. The van der Waals surface area contributed by atoms with Gasteiger partial charge in [0.25, 0.3) is 0 Å². The average molecular weight is 426 g/mol. The summed E-state index contributed by atoms with van der Waals surface area (Å²) in [4.78, 5) is 21.1. The van der Waals surface area contributed by atoms with Crippen molar-refractivity contribution in [3.63, 3.8) is 0 Å². The minimum Gasteiger partial charge on any atom is -0.354 e. The van der Waals surface area contributed by atoms with E-state index in [9.17, 15) is 4.79 Å². The highest BCUT2D eigenvalue weighted by molar-refractivity contribution is 5.85. The molecule has 2 atom stereocenters. The third-order valence-corrected chi connectivity index (χ3v) is 7.25. The number of rotatable bonds is 6. The Morgan fingerprint density at radius 3 is 2.26 bits per heavy atom. The number of carbonyl (C=O) groups excluding carboxylic acids is 1. The van der Waals surface area contributed by atoms with E-state index in [1.807, 2.05) is 0 Å². The third kappa shape index (κ3) is 6.00. The van der Waals surface area contributed by atoms with Crippen molar-refractivity contribution in [2.75, 3.05) is 20.6 Å². The molecular formula is C25H39N5O. The van der Waals surface area contributed by atoms with Gasteiger partial charge in [0.2, 0.25) is 5.91 Å². The molecule has 2 saturated heterocycles. The number of guanidine groups is 1. The summed E-state index contributed by atoms with van der Waals surface area (Å²) in [7, 11) is 3.58. The fourth-order valence-corrected chi connectivity index (χ4v) is 5.50. The van der Waals surface area contributed by atoms with Crippen molar-refractivity contribution in [1.82, 2.24) is 20.4 Å². The van der Waals surface area contributed by atoms with Gasteiger partial charge < -0.3 is 15.5 Å². The van der Waals surface area contributed by atoms with Crippen LogP contribution < -0.4 is 10.6 Å². The van der Waals surface area contributed by atoms with E-state index >= 15 is 0 Å². The fraction of sp³-hybridized carbons (Fsp3) is 0.680. The Bertz CT molecular complexity index is 730. The van der Waals surface area contributed by atoms with E-state index in [0.717, 1.165) is 25.3 Å². The SMILES string of the molecule is CN(C)C(=O)CN=C(NC1CCCCC1)NC1CC2CCC(C1)N2Cc1ccccc1. The highest BCUT2D eigenvalue weighted by atomic mass is 16.2. The smallest absolute Gasteiger partial charge is 0.243 e. The molecule has 0 radical (unpaired) electrons. The first-order chi connectivity index (χ1) is 15.1. The van der Waals surface area contributed by atoms with Gasteiger partial charge in [0.1, 0.15) is 6.54 Å². The molecule has 3 aliphatic rings. The van der Waals surface area contributed by atoms with Gasteiger partial charge in [0, 0.05) is 44.8 Å². The van der Waals surface area contributed by atoms with Crippen molar-refractivity contribution in [3.05, 3.63) is 35.9 Å². The molecule has 2 bridgehead atoms. The van der Waals surface area contributed by atoms with Crippen LogP contribution in [0.5, 0.6) is 0 Å². The lowest BCUT2D eigenvalue weighted by molar-refractivity contribution is -0.127. The second-order valence-electron chi connectivity index (χ2n) is 9.79. The molecule has 31 heavy (non-hydrogen) atoms. The number of aliphatic imine (C=N–C) groups is 1. The highest BCUT2D eigenvalue weighted by Crippen LogP contribution is 2.36. The molecule has 0 spiro atoms. The van der Waals surface area contributed by atoms with Gasteiger partial charge in [0.05, 0.1) is 0 Å². The minimum absolute atomic E-state index is 0.0440. The largest absolute Gasteiger partial charge is 0.354 e. The van der Waals surface area contributed by atoms with Gasteiger partial charge in [-0.1, -0.05) is 49.6 Å². The Balaban J connectivity index is 1.37. The number of nitrogens with one attached hydrogen (secondary N) is 2. The number of carbonyl (C=O) groups is 1. The molecule has 170 valence electrons. The lowest BCUT2D eigenvalue weighted by Crippen LogP contribution is -2.54. The molecule has 1 amide bonds. The van der Waals surface area contributed by atoms with Gasteiger partial charge >= 0.3 is 0 Å². The summed E-state index contributed by atoms with van der Waals surface area (Å²) >= 11 is 0. The molecule has 1 aromatic carbocycles. The molecule has 2 N–H and O–H groups in total. The number of likely N-dealkylation sites (N-methyl/N-ethyl adjacent to an activating group) is 1. The third-order valence-electron chi connectivity index (χ3n) is 7.25. The number of fused-ring (bicyclic) bond motifs is 2. The second kappa shape index (κ2) is 10.5. The molecule has 6 nitrogen and oxygen atoms in total. The van der Waals surface area contributed by atoms with E-state index in [1.165, 1.54) is 50.5 Å². The van der Waals surface area contributed by atoms with Crippen molar-refractivity contribution in [3.8, 4) is 0 Å². The van der Waals surface area contributed by atoms with Crippen molar-refractivity contribution in [2.24, 2.45) is 4.99 Å². The molecule has 3 fully saturated rings. The van der Waals surface area contributed by atoms with Gasteiger partial charge in [-0.05, 0) is 44.1 Å². The molecule has 1 aromatic rings. The molecule has 2 unspecified atom stereocenters. The van der Waals surface area contributed by atoms with E-state index in [4.69, 9.17) is 0 Å². The maximum absolute atomic E-state index is 12.1. The monoisotopic (exact) mass is 425 g/mol. The zero-order chi connectivity index (χ0) is 21.6. The molecule has 1 aliphatic carbocycles. The number of hydrogen-bond donors (Lipinski definition) is 2. The molecule has 6 heteroatoms. The van der Waals surface area contributed by atoms with Crippen LogP contribution in [0.2, 0.25) is 0 Å². The Morgan fingerprint density at radius 1 is 0.968 bits per heavy atom. The fourth-order valence-electron chi connectivity index (χ4n) is 5.50. The number of piperidine rings is 1. The van der Waals surface area contributed by atoms with Crippen LogP contribution in [-0.2, 0) is 11.3 Å². The summed E-state index contributed by atoms with van der Waals surface area (Å²) in [5.74, 6) is 0.880. The van der Waals surface area contributed by atoms with Gasteiger partial charge in [0.15, 0.2) is 5.96 Å². The Kier molecular flexibility index (Phi) is 7.49. The second-order valence-corrected chi connectivity index (χ2v) is 9.79. The number of nitrogens with zero attached hydrogens (tertiary/aromatic N) is 3. The predicted octanol–water partition coefficient (Wildman–Crippen LogP) is 3.14. The summed E-state index contributed by atoms with van der Waals surface area (Å²) in [6, 6.07) is 13.0. The van der Waals surface area contributed by atoms with Crippen LogP contribution in [0.4, 0.5) is 0 Å². The van der Waals surface area contributed by atoms with Crippen LogP contribution in [0.3, 0.4) is 0 Å². The lowest BCUT2D eigenvalue weighted by atomic mass is 9.95. The normalized spacial score (nSPS) is 27.2. The first-order valence-electron chi connectivity index (χ1n) is 12.2. The molecule has 0 aromatic heterocycles. The summed E-state index contributed by atoms with van der Waals surface area (Å²) in [6.45, 7) is 1.26. The van der Waals surface area contributed by atoms with Crippen LogP contribution in [0.15, 0.2) is 35.3 Å². The predicted molar refractivity (Wildman–Crippen MR) is 126 cm³/mol. The van der Waals surface area contributed by atoms with Crippen LogP contribution >= 0.6 is 0 Å². The number of benzene rings is 1. The summed E-state index contributed by atoms with van der Waals surface area (Å²) in [6.07, 6.45) is 11.2. The van der Waals surface area contributed by atoms with Gasteiger partial charge in [-0.3, -0.25) is 9.69 Å². The standard InChI is InChI=1S/C25H39N5O/c1-29(2)24(31)17-26-25(27-20-11-7-4-8-12-20)28-21-15-22-13-14-23(16-21)30(22)18-19-9-5-3-6-10-19/h3,5-6,9-10,20-23H,4,7-8,11-18H2,1-2H3,(H2,26,27,28). The van der Waals surface area contributed by atoms with Crippen molar-refractivity contribution >= 4 is 11.9 Å². The van der Waals surface area contributed by atoms with E-state index in [0.29, 0.717) is 24.2 Å². The Morgan fingerprint density at radius 2 is 1.61 bits per heavy atom. The zero-order valence-corrected chi connectivity index (χ0v) is 19.2. The van der Waals surface area contributed by atoms with Crippen LogP contribution in [0.1, 0.15) is 63.4 Å². The summed E-state index contributed by atoms with van der Waals surface area (Å²) in [5.41, 5.74) is 1.41.